The molecule has 4 rings (SSSR count). The summed E-state index contributed by atoms with van der Waals surface area (Å²) in [7, 11) is 2.10. The van der Waals surface area contributed by atoms with Gasteiger partial charge in [0.15, 0.2) is 0 Å². The molecule has 2 aliphatic heterocycles. The second-order valence-corrected chi connectivity index (χ2v) is 7.36. The van der Waals surface area contributed by atoms with E-state index in [1.165, 1.54) is 17.0 Å². The zero-order valence-corrected chi connectivity index (χ0v) is 16.1. The molecule has 2 aromatic heterocycles. The molecule has 0 fully saturated rings. The maximum Gasteiger partial charge on any atom is 0.136 e. The van der Waals surface area contributed by atoms with Crippen molar-refractivity contribution in [2.24, 2.45) is 7.05 Å². The monoisotopic (exact) mass is 352 g/mol. The molecule has 0 radical (unpaired) electrons. The van der Waals surface area contributed by atoms with E-state index < -0.39 is 0 Å². The zero-order chi connectivity index (χ0) is 18.1. The number of hydrogen-bond donors (Lipinski definition) is 0. The van der Waals surface area contributed by atoms with Gasteiger partial charge in [-0.15, -0.1) is 0 Å². The largest absolute Gasteiger partial charge is 0.352 e. The van der Waals surface area contributed by atoms with Crippen LogP contribution in [0.25, 0.3) is 0 Å². The summed E-state index contributed by atoms with van der Waals surface area (Å²) in [5, 5.41) is 0. The molecule has 0 N–H and O–H groups in total. The minimum atomic E-state index is 0.893. The third-order valence-corrected chi connectivity index (χ3v) is 5.59. The number of anilines is 1. The molecule has 0 amide bonds. The van der Waals surface area contributed by atoms with Crippen LogP contribution in [0.1, 0.15) is 35.0 Å². The molecule has 0 unspecified atom stereocenters. The van der Waals surface area contributed by atoms with Crippen molar-refractivity contribution >= 4 is 5.82 Å². The van der Waals surface area contributed by atoms with Gasteiger partial charge in [-0.3, -0.25) is 4.90 Å². The highest BCUT2D eigenvalue weighted by atomic mass is 15.2. The maximum absolute atomic E-state index is 4.83. The molecule has 0 aliphatic carbocycles. The lowest BCUT2D eigenvalue weighted by atomic mass is 10.1. The van der Waals surface area contributed by atoms with E-state index in [-0.39, 0.29) is 0 Å². The van der Waals surface area contributed by atoms with Crippen molar-refractivity contribution in [2.45, 2.75) is 39.7 Å². The van der Waals surface area contributed by atoms with Crippen LogP contribution in [0, 0.1) is 13.8 Å². The normalized spacial score (nSPS) is 18.0. The fraction of sp³-hybridized carbons (Fsp3) is 0.550. The van der Waals surface area contributed by atoms with Crippen LogP contribution in [0.4, 0.5) is 5.82 Å². The Balaban J connectivity index is 1.55. The van der Waals surface area contributed by atoms with Gasteiger partial charge in [0.05, 0.1) is 11.4 Å². The molecule has 0 aromatic carbocycles. The summed E-state index contributed by atoms with van der Waals surface area (Å²) in [6.07, 6.45) is 9.63. The average Bonchev–Trinajstić information content (AvgIpc) is 2.84. The van der Waals surface area contributed by atoms with E-state index in [0.29, 0.717) is 0 Å². The topological polar surface area (TPSA) is 50.1 Å². The minimum absolute atomic E-state index is 0.893. The van der Waals surface area contributed by atoms with Gasteiger partial charge in [-0.2, -0.15) is 0 Å². The van der Waals surface area contributed by atoms with Gasteiger partial charge in [0, 0.05) is 58.0 Å². The summed E-state index contributed by atoms with van der Waals surface area (Å²) in [6.45, 7) is 9.11. The van der Waals surface area contributed by atoms with E-state index >= 15 is 0 Å². The second-order valence-electron chi connectivity index (χ2n) is 7.36. The summed E-state index contributed by atoms with van der Waals surface area (Å²) in [5.41, 5.74) is 3.87. The van der Waals surface area contributed by atoms with E-state index in [1.54, 1.807) is 0 Å². The molecule has 0 saturated carbocycles. The Bertz CT molecular complexity index is 822. The highest BCUT2D eigenvalue weighted by Gasteiger charge is 2.23. The Morgan fingerprint density at radius 3 is 2.62 bits per heavy atom. The lowest BCUT2D eigenvalue weighted by Gasteiger charge is -2.27. The summed E-state index contributed by atoms with van der Waals surface area (Å²) >= 11 is 0. The first kappa shape index (κ1) is 17.2. The van der Waals surface area contributed by atoms with E-state index in [2.05, 4.69) is 45.5 Å². The number of aromatic nitrogens is 4. The molecule has 0 saturated heterocycles. The van der Waals surface area contributed by atoms with E-state index in [1.807, 2.05) is 13.1 Å². The first-order valence-corrected chi connectivity index (χ1v) is 9.57. The fourth-order valence-electron chi connectivity index (χ4n) is 3.92. The predicted octanol–water partition coefficient (Wildman–Crippen LogP) is 2.19. The summed E-state index contributed by atoms with van der Waals surface area (Å²) < 4.78 is 2.19. The smallest absolute Gasteiger partial charge is 0.136 e. The van der Waals surface area contributed by atoms with Gasteiger partial charge in [0.2, 0.25) is 0 Å². The summed E-state index contributed by atoms with van der Waals surface area (Å²) in [5.74, 6) is 3.12. The second kappa shape index (κ2) is 7.19. The Hall–Kier alpha value is -2.21. The molecule has 6 nitrogen and oxygen atoms in total. The molecule has 6 heteroatoms. The lowest BCUT2D eigenvalue weighted by Crippen LogP contribution is -2.30. The van der Waals surface area contributed by atoms with Crippen molar-refractivity contribution in [2.75, 3.05) is 31.1 Å². The van der Waals surface area contributed by atoms with Crippen LogP contribution in [0.15, 0.2) is 18.3 Å². The molecule has 0 atom stereocenters. The molecular weight excluding hydrogens is 324 g/mol. The standard InChI is InChI=1S/C20H28N6/c1-15-22-19-8-12-25(14-17-13-21-16(2)24(17)3)11-7-18(19)20(23-15)26-9-5-4-6-10-26/h4-5,13H,6-12,14H2,1-3H3. The molecule has 0 bridgehead atoms. The van der Waals surface area contributed by atoms with Crippen LogP contribution in [-0.4, -0.2) is 50.6 Å². The molecule has 138 valence electrons. The van der Waals surface area contributed by atoms with Gasteiger partial charge in [0.1, 0.15) is 17.5 Å². The number of nitrogens with zero attached hydrogens (tertiary/aromatic N) is 6. The average molecular weight is 352 g/mol. The van der Waals surface area contributed by atoms with Crippen molar-refractivity contribution in [3.63, 3.8) is 0 Å². The Labute approximate surface area is 155 Å². The number of rotatable bonds is 3. The molecule has 0 spiro atoms. The van der Waals surface area contributed by atoms with Crippen molar-refractivity contribution < 1.29 is 0 Å². The lowest BCUT2D eigenvalue weighted by molar-refractivity contribution is 0.272. The summed E-state index contributed by atoms with van der Waals surface area (Å²) in [6, 6.07) is 0. The number of imidazole rings is 1. The fourth-order valence-corrected chi connectivity index (χ4v) is 3.92. The molecule has 4 heterocycles. The third kappa shape index (κ3) is 3.38. The van der Waals surface area contributed by atoms with Crippen LogP contribution in [-0.2, 0) is 26.4 Å². The SMILES string of the molecule is Cc1nc2c(c(N3CC=CCC3)n1)CCN(Cc1cnc(C)n1C)CC2. The quantitative estimate of drug-likeness (QED) is 0.793. The van der Waals surface area contributed by atoms with Gasteiger partial charge < -0.3 is 9.47 Å². The van der Waals surface area contributed by atoms with Crippen molar-refractivity contribution in [1.82, 2.24) is 24.4 Å². The van der Waals surface area contributed by atoms with Gasteiger partial charge in [-0.25, -0.2) is 15.0 Å². The molecule has 2 aliphatic rings. The molecule has 26 heavy (non-hydrogen) atoms. The van der Waals surface area contributed by atoms with E-state index in [9.17, 15) is 0 Å². The number of fused-ring (bicyclic) bond motifs is 1. The van der Waals surface area contributed by atoms with Gasteiger partial charge in [-0.05, 0) is 26.7 Å². The van der Waals surface area contributed by atoms with Crippen molar-refractivity contribution in [3.05, 3.63) is 46.9 Å². The van der Waals surface area contributed by atoms with Crippen LogP contribution >= 0.6 is 0 Å². The number of aryl methyl sites for hydroxylation is 2. The highest BCUT2D eigenvalue weighted by molar-refractivity contribution is 5.51. The first-order valence-electron chi connectivity index (χ1n) is 9.57. The highest BCUT2D eigenvalue weighted by Crippen LogP contribution is 2.26. The Morgan fingerprint density at radius 2 is 1.88 bits per heavy atom. The molecule has 2 aromatic rings. The van der Waals surface area contributed by atoms with Crippen LogP contribution in [0.3, 0.4) is 0 Å². The first-order chi connectivity index (χ1) is 12.6. The van der Waals surface area contributed by atoms with Gasteiger partial charge >= 0.3 is 0 Å². The van der Waals surface area contributed by atoms with Crippen LogP contribution < -0.4 is 4.90 Å². The Kier molecular flexibility index (Phi) is 4.76. The zero-order valence-electron chi connectivity index (χ0n) is 16.1. The Morgan fingerprint density at radius 1 is 1.04 bits per heavy atom. The van der Waals surface area contributed by atoms with Gasteiger partial charge in [-0.1, -0.05) is 12.2 Å². The van der Waals surface area contributed by atoms with Crippen molar-refractivity contribution in [1.29, 1.82) is 0 Å². The van der Waals surface area contributed by atoms with Crippen LogP contribution in [0.2, 0.25) is 0 Å². The third-order valence-electron chi connectivity index (χ3n) is 5.59. The van der Waals surface area contributed by atoms with E-state index in [4.69, 9.17) is 9.97 Å². The number of hydrogen-bond acceptors (Lipinski definition) is 5. The molecular formula is C20H28N6. The minimum Gasteiger partial charge on any atom is -0.352 e. The van der Waals surface area contributed by atoms with Crippen molar-refractivity contribution in [3.8, 4) is 0 Å². The maximum atomic E-state index is 4.83. The summed E-state index contributed by atoms with van der Waals surface area (Å²) in [4.78, 5) is 19.0. The van der Waals surface area contributed by atoms with Crippen LogP contribution in [0.5, 0.6) is 0 Å². The van der Waals surface area contributed by atoms with Gasteiger partial charge in [0.25, 0.3) is 0 Å². The van der Waals surface area contributed by atoms with E-state index in [0.717, 1.165) is 69.5 Å². The predicted molar refractivity (Wildman–Crippen MR) is 103 cm³/mol.